The molecule has 0 spiro atoms. The summed E-state index contributed by atoms with van der Waals surface area (Å²) in [4.78, 5) is 17.4. The molecule has 0 unspecified atom stereocenters. The van der Waals surface area contributed by atoms with Gasteiger partial charge >= 0.3 is 0 Å². The van der Waals surface area contributed by atoms with Crippen LogP contribution in [0.1, 0.15) is 16.1 Å². The first-order chi connectivity index (χ1) is 9.83. The van der Waals surface area contributed by atoms with Gasteiger partial charge in [0.25, 0.3) is 5.91 Å². The highest BCUT2D eigenvalue weighted by Crippen LogP contribution is 2.22. The highest BCUT2D eigenvalue weighted by molar-refractivity contribution is 7.13. The third kappa shape index (κ3) is 2.78. The number of nitrogens with zero attached hydrogens (tertiary/aromatic N) is 1. The maximum Gasteiger partial charge on any atom is 0.253 e. The van der Waals surface area contributed by atoms with E-state index in [4.69, 9.17) is 4.42 Å². The summed E-state index contributed by atoms with van der Waals surface area (Å²) in [6.07, 6.45) is 3.17. The van der Waals surface area contributed by atoms with E-state index in [2.05, 4.69) is 10.3 Å². The van der Waals surface area contributed by atoms with Crippen LogP contribution in [0.15, 0.2) is 58.7 Å². The Balaban J connectivity index is 1.66. The summed E-state index contributed by atoms with van der Waals surface area (Å²) < 4.78 is 5.16. The molecular formula is C15H12N2O2S. The lowest BCUT2D eigenvalue weighted by atomic mass is 10.2. The number of hydrogen-bond donors (Lipinski definition) is 1. The molecule has 3 aromatic heterocycles. The van der Waals surface area contributed by atoms with E-state index in [1.807, 2.05) is 29.6 Å². The van der Waals surface area contributed by atoms with Crippen molar-refractivity contribution >= 4 is 17.2 Å². The van der Waals surface area contributed by atoms with Crippen molar-refractivity contribution in [2.75, 3.05) is 0 Å². The Bertz CT molecular complexity index is 673. The van der Waals surface area contributed by atoms with E-state index in [1.54, 1.807) is 35.9 Å². The van der Waals surface area contributed by atoms with E-state index in [0.29, 0.717) is 12.1 Å². The fraction of sp³-hybridized carbons (Fsp3) is 0.0667. The highest BCUT2D eigenvalue weighted by atomic mass is 32.1. The molecule has 3 heterocycles. The number of pyridine rings is 1. The zero-order valence-electron chi connectivity index (χ0n) is 10.6. The van der Waals surface area contributed by atoms with Crippen LogP contribution in [0, 0.1) is 0 Å². The molecule has 3 aromatic rings. The zero-order chi connectivity index (χ0) is 13.8. The van der Waals surface area contributed by atoms with Gasteiger partial charge in [-0.2, -0.15) is 0 Å². The van der Waals surface area contributed by atoms with Gasteiger partial charge in [-0.15, -0.1) is 11.3 Å². The van der Waals surface area contributed by atoms with Crippen LogP contribution in [0.5, 0.6) is 0 Å². The summed E-state index contributed by atoms with van der Waals surface area (Å²) in [6, 6.07) is 11.2. The van der Waals surface area contributed by atoms with Gasteiger partial charge in [0.15, 0.2) is 0 Å². The highest BCUT2D eigenvalue weighted by Gasteiger charge is 2.07. The number of aromatic nitrogens is 1. The minimum Gasteiger partial charge on any atom is -0.467 e. The minimum absolute atomic E-state index is 0.161. The van der Waals surface area contributed by atoms with Gasteiger partial charge < -0.3 is 9.73 Å². The molecule has 0 aromatic carbocycles. The maximum absolute atomic E-state index is 11.9. The molecule has 20 heavy (non-hydrogen) atoms. The Morgan fingerprint density at radius 3 is 2.85 bits per heavy atom. The van der Waals surface area contributed by atoms with Gasteiger partial charge in [0.2, 0.25) is 0 Å². The molecule has 0 saturated heterocycles. The van der Waals surface area contributed by atoms with E-state index in [-0.39, 0.29) is 5.91 Å². The largest absolute Gasteiger partial charge is 0.467 e. The number of carbonyl (C=O) groups excluding carboxylic acids is 1. The quantitative estimate of drug-likeness (QED) is 0.799. The van der Waals surface area contributed by atoms with Crippen molar-refractivity contribution in [1.29, 1.82) is 0 Å². The molecule has 5 heteroatoms. The number of thiophene rings is 1. The van der Waals surface area contributed by atoms with Crippen molar-refractivity contribution in [3.8, 4) is 10.6 Å². The van der Waals surface area contributed by atoms with Crippen molar-refractivity contribution in [3.63, 3.8) is 0 Å². The summed E-state index contributed by atoms with van der Waals surface area (Å²) in [5.41, 5.74) is 1.42. The van der Waals surface area contributed by atoms with E-state index in [0.717, 1.165) is 16.3 Å². The first kappa shape index (κ1) is 12.6. The summed E-state index contributed by atoms with van der Waals surface area (Å²) in [5.74, 6) is 0.563. The summed E-state index contributed by atoms with van der Waals surface area (Å²) in [7, 11) is 0. The van der Waals surface area contributed by atoms with Gasteiger partial charge in [-0.25, -0.2) is 0 Å². The molecular weight excluding hydrogens is 272 g/mol. The molecule has 3 rings (SSSR count). The molecule has 100 valence electrons. The number of rotatable bonds is 4. The van der Waals surface area contributed by atoms with Crippen LogP contribution in [0.3, 0.4) is 0 Å². The minimum atomic E-state index is -0.161. The van der Waals surface area contributed by atoms with Gasteiger partial charge in [0.1, 0.15) is 5.76 Å². The first-order valence-corrected chi connectivity index (χ1v) is 7.01. The molecule has 0 saturated carbocycles. The van der Waals surface area contributed by atoms with Crippen LogP contribution in [0.2, 0.25) is 0 Å². The Kier molecular flexibility index (Phi) is 3.60. The lowest BCUT2D eigenvalue weighted by Gasteiger charge is -2.03. The van der Waals surface area contributed by atoms with Crippen molar-refractivity contribution in [3.05, 3.63) is 65.6 Å². The lowest BCUT2D eigenvalue weighted by Crippen LogP contribution is -2.22. The average Bonchev–Trinajstić information content (AvgIpc) is 3.18. The van der Waals surface area contributed by atoms with Crippen molar-refractivity contribution in [2.24, 2.45) is 0 Å². The molecule has 1 amide bonds. The van der Waals surface area contributed by atoms with E-state index in [9.17, 15) is 4.79 Å². The fourth-order valence-electron chi connectivity index (χ4n) is 1.78. The molecule has 1 N–H and O–H groups in total. The predicted molar refractivity (Wildman–Crippen MR) is 77.4 cm³/mol. The van der Waals surface area contributed by atoms with Crippen molar-refractivity contribution < 1.29 is 9.21 Å². The van der Waals surface area contributed by atoms with Crippen LogP contribution < -0.4 is 5.32 Å². The molecule has 0 radical (unpaired) electrons. The molecule has 0 aliphatic rings. The van der Waals surface area contributed by atoms with Gasteiger partial charge in [0.05, 0.1) is 28.9 Å². The number of carbonyl (C=O) groups is 1. The zero-order valence-corrected chi connectivity index (χ0v) is 11.4. The molecule has 0 bridgehead atoms. The van der Waals surface area contributed by atoms with Gasteiger partial charge in [0, 0.05) is 6.20 Å². The Morgan fingerprint density at radius 2 is 2.20 bits per heavy atom. The molecule has 0 aliphatic carbocycles. The standard InChI is InChI=1S/C15H12N2O2S/c18-15(17-10-12-3-1-7-19-12)11-5-6-13(16-9-11)14-4-2-8-20-14/h1-9H,10H2,(H,17,18). The number of furan rings is 1. The van der Waals surface area contributed by atoms with Crippen LogP contribution in [0.4, 0.5) is 0 Å². The third-order valence-corrected chi connectivity index (χ3v) is 3.69. The SMILES string of the molecule is O=C(NCc1ccco1)c1ccc(-c2cccs2)nc1. The number of hydrogen-bond acceptors (Lipinski definition) is 4. The monoisotopic (exact) mass is 284 g/mol. The fourth-order valence-corrected chi connectivity index (χ4v) is 2.48. The molecule has 0 fully saturated rings. The van der Waals surface area contributed by atoms with Crippen molar-refractivity contribution in [1.82, 2.24) is 10.3 Å². The second-order valence-electron chi connectivity index (χ2n) is 4.17. The third-order valence-electron chi connectivity index (χ3n) is 2.80. The average molecular weight is 284 g/mol. The van der Waals surface area contributed by atoms with Crippen LogP contribution in [-0.4, -0.2) is 10.9 Å². The molecule has 4 nitrogen and oxygen atoms in total. The van der Waals surface area contributed by atoms with Crippen molar-refractivity contribution in [2.45, 2.75) is 6.54 Å². The van der Waals surface area contributed by atoms with Gasteiger partial charge in [-0.05, 0) is 35.7 Å². The van der Waals surface area contributed by atoms with E-state index >= 15 is 0 Å². The van der Waals surface area contributed by atoms with E-state index < -0.39 is 0 Å². The lowest BCUT2D eigenvalue weighted by molar-refractivity contribution is 0.0947. The normalized spacial score (nSPS) is 10.4. The molecule has 0 aliphatic heterocycles. The number of amides is 1. The summed E-state index contributed by atoms with van der Waals surface area (Å²) in [6.45, 7) is 0.374. The first-order valence-electron chi connectivity index (χ1n) is 6.13. The summed E-state index contributed by atoms with van der Waals surface area (Å²) >= 11 is 1.62. The summed E-state index contributed by atoms with van der Waals surface area (Å²) in [5, 5.41) is 4.79. The van der Waals surface area contributed by atoms with Gasteiger partial charge in [-0.3, -0.25) is 9.78 Å². The smallest absolute Gasteiger partial charge is 0.253 e. The second kappa shape index (κ2) is 5.71. The van der Waals surface area contributed by atoms with Crippen LogP contribution in [0.25, 0.3) is 10.6 Å². The van der Waals surface area contributed by atoms with Crippen LogP contribution in [-0.2, 0) is 6.54 Å². The topological polar surface area (TPSA) is 55.1 Å². The maximum atomic E-state index is 11.9. The van der Waals surface area contributed by atoms with Gasteiger partial charge in [-0.1, -0.05) is 6.07 Å². The second-order valence-corrected chi connectivity index (χ2v) is 5.12. The molecule has 0 atom stereocenters. The van der Waals surface area contributed by atoms with Crippen LogP contribution >= 0.6 is 11.3 Å². The Labute approximate surface area is 120 Å². The van der Waals surface area contributed by atoms with E-state index in [1.165, 1.54) is 0 Å². The number of nitrogens with one attached hydrogen (secondary N) is 1. The Morgan fingerprint density at radius 1 is 1.25 bits per heavy atom. The predicted octanol–water partition coefficient (Wildman–Crippen LogP) is 3.33. The Hall–Kier alpha value is -2.40.